The van der Waals surface area contributed by atoms with Crippen molar-refractivity contribution in [2.75, 3.05) is 5.32 Å². The predicted molar refractivity (Wildman–Crippen MR) is 88.3 cm³/mol. The van der Waals surface area contributed by atoms with Gasteiger partial charge in [0.25, 0.3) is 5.69 Å². The molecule has 0 unspecified atom stereocenters. The van der Waals surface area contributed by atoms with Crippen LogP contribution in [0.5, 0.6) is 0 Å². The van der Waals surface area contributed by atoms with Crippen LogP contribution in [0.4, 0.5) is 17.1 Å². The number of non-ortho nitro benzene ring substituents is 1. The zero-order valence-corrected chi connectivity index (χ0v) is 13.5. The van der Waals surface area contributed by atoms with Crippen LogP contribution in [-0.2, 0) is 10.0 Å². The molecule has 7 nitrogen and oxygen atoms in total. The molecule has 3 N–H and O–H groups in total. The predicted octanol–water partition coefficient (Wildman–Crippen LogP) is 3.11. The van der Waals surface area contributed by atoms with E-state index in [9.17, 15) is 18.5 Å². The lowest BCUT2D eigenvalue weighted by Gasteiger charge is -2.12. The van der Waals surface area contributed by atoms with E-state index in [0.717, 1.165) is 11.6 Å². The zero-order chi connectivity index (χ0) is 17.2. The van der Waals surface area contributed by atoms with Gasteiger partial charge in [0.05, 0.1) is 10.6 Å². The molecule has 8 heteroatoms. The second-order valence-electron chi connectivity index (χ2n) is 5.38. The molecule has 0 amide bonds. The highest BCUT2D eigenvalue weighted by Crippen LogP contribution is 2.28. The van der Waals surface area contributed by atoms with Crippen molar-refractivity contribution in [2.24, 2.45) is 5.14 Å². The van der Waals surface area contributed by atoms with Gasteiger partial charge >= 0.3 is 0 Å². The summed E-state index contributed by atoms with van der Waals surface area (Å²) >= 11 is 0. The van der Waals surface area contributed by atoms with Crippen LogP contribution < -0.4 is 10.5 Å². The second-order valence-corrected chi connectivity index (χ2v) is 6.91. The number of nitro benzene ring substituents is 1. The Balaban J connectivity index is 2.41. The average molecular weight is 335 g/mol. The number of nitrogens with two attached hydrogens (primary N) is 1. The highest BCUT2D eigenvalue weighted by molar-refractivity contribution is 7.89. The minimum Gasteiger partial charge on any atom is -0.354 e. The van der Waals surface area contributed by atoms with Crippen LogP contribution in [0.15, 0.2) is 47.4 Å². The Morgan fingerprint density at radius 1 is 1.13 bits per heavy atom. The third-order valence-corrected chi connectivity index (χ3v) is 4.29. The third kappa shape index (κ3) is 4.05. The van der Waals surface area contributed by atoms with E-state index in [2.05, 4.69) is 19.2 Å². The van der Waals surface area contributed by atoms with Gasteiger partial charge in [-0.05, 0) is 29.7 Å². The molecular weight excluding hydrogens is 318 g/mol. The van der Waals surface area contributed by atoms with Gasteiger partial charge in [0.2, 0.25) is 10.0 Å². The number of benzene rings is 2. The normalized spacial score (nSPS) is 11.5. The summed E-state index contributed by atoms with van der Waals surface area (Å²) in [5.41, 5.74) is 1.66. The molecule has 0 radical (unpaired) electrons. The number of nitrogens with zero attached hydrogens (tertiary/aromatic N) is 1. The van der Waals surface area contributed by atoms with Crippen molar-refractivity contribution in [3.05, 3.63) is 58.1 Å². The SMILES string of the molecule is CC(C)c1ccc(Nc2ccc([N+](=O)[O-])cc2S(N)(=O)=O)cc1. The number of sulfonamides is 1. The lowest BCUT2D eigenvalue weighted by molar-refractivity contribution is -0.385. The second kappa shape index (κ2) is 6.35. The van der Waals surface area contributed by atoms with Crippen LogP contribution in [0.1, 0.15) is 25.3 Å². The maximum Gasteiger partial charge on any atom is 0.270 e. The lowest BCUT2D eigenvalue weighted by Crippen LogP contribution is -2.14. The molecule has 2 rings (SSSR count). The molecule has 0 fully saturated rings. The minimum absolute atomic E-state index is 0.190. The fraction of sp³-hybridized carbons (Fsp3) is 0.200. The fourth-order valence-corrected chi connectivity index (χ4v) is 2.78. The first-order valence-corrected chi connectivity index (χ1v) is 8.41. The van der Waals surface area contributed by atoms with Crippen LogP contribution in [0.2, 0.25) is 0 Å². The summed E-state index contributed by atoms with van der Waals surface area (Å²) in [5, 5.41) is 18.9. The summed E-state index contributed by atoms with van der Waals surface area (Å²) in [5.74, 6) is 0.378. The van der Waals surface area contributed by atoms with E-state index in [0.29, 0.717) is 11.6 Å². The van der Waals surface area contributed by atoms with E-state index >= 15 is 0 Å². The summed E-state index contributed by atoms with van der Waals surface area (Å²) < 4.78 is 23.4. The molecule has 0 aliphatic carbocycles. The molecule has 0 saturated carbocycles. The van der Waals surface area contributed by atoms with Gasteiger partial charge in [0.1, 0.15) is 4.90 Å². The van der Waals surface area contributed by atoms with Crippen LogP contribution in [0.3, 0.4) is 0 Å². The summed E-state index contributed by atoms with van der Waals surface area (Å²) in [7, 11) is -4.10. The zero-order valence-electron chi connectivity index (χ0n) is 12.7. The topological polar surface area (TPSA) is 115 Å². The number of rotatable bonds is 5. The van der Waals surface area contributed by atoms with Gasteiger partial charge in [-0.3, -0.25) is 10.1 Å². The molecule has 0 aliphatic rings. The van der Waals surface area contributed by atoms with E-state index in [-0.39, 0.29) is 16.3 Å². The van der Waals surface area contributed by atoms with Crippen LogP contribution in [-0.4, -0.2) is 13.3 Å². The first-order chi connectivity index (χ1) is 10.7. The number of primary sulfonamides is 1. The fourth-order valence-electron chi connectivity index (χ4n) is 2.07. The minimum atomic E-state index is -4.10. The Kier molecular flexibility index (Phi) is 4.67. The smallest absolute Gasteiger partial charge is 0.270 e. The molecule has 23 heavy (non-hydrogen) atoms. The van der Waals surface area contributed by atoms with E-state index < -0.39 is 14.9 Å². The number of hydrogen-bond donors (Lipinski definition) is 2. The van der Waals surface area contributed by atoms with Crippen molar-refractivity contribution < 1.29 is 13.3 Å². The highest BCUT2D eigenvalue weighted by Gasteiger charge is 2.19. The number of nitro groups is 1. The maximum atomic E-state index is 11.7. The molecule has 0 aromatic heterocycles. The molecule has 0 heterocycles. The number of anilines is 2. The van der Waals surface area contributed by atoms with E-state index in [1.807, 2.05) is 24.3 Å². The Morgan fingerprint density at radius 2 is 1.74 bits per heavy atom. The molecular formula is C15H17N3O4S. The molecule has 0 atom stereocenters. The van der Waals surface area contributed by atoms with Crippen molar-refractivity contribution >= 4 is 27.1 Å². The van der Waals surface area contributed by atoms with Gasteiger partial charge in [-0.1, -0.05) is 26.0 Å². The van der Waals surface area contributed by atoms with Crippen LogP contribution in [0.25, 0.3) is 0 Å². The van der Waals surface area contributed by atoms with Crippen molar-refractivity contribution in [3.8, 4) is 0 Å². The Morgan fingerprint density at radius 3 is 2.22 bits per heavy atom. The summed E-state index contributed by atoms with van der Waals surface area (Å²) in [6.07, 6.45) is 0. The van der Waals surface area contributed by atoms with Crippen molar-refractivity contribution in [3.63, 3.8) is 0 Å². The van der Waals surface area contributed by atoms with E-state index in [1.165, 1.54) is 12.1 Å². The molecule has 0 saturated heterocycles. The van der Waals surface area contributed by atoms with Crippen molar-refractivity contribution in [2.45, 2.75) is 24.7 Å². The molecule has 2 aromatic carbocycles. The Hall–Kier alpha value is -2.45. The summed E-state index contributed by atoms with van der Waals surface area (Å²) in [4.78, 5) is 9.81. The average Bonchev–Trinajstić information content (AvgIpc) is 2.46. The largest absolute Gasteiger partial charge is 0.354 e. The third-order valence-electron chi connectivity index (χ3n) is 3.34. The molecule has 122 valence electrons. The van der Waals surface area contributed by atoms with Gasteiger partial charge < -0.3 is 5.32 Å². The first-order valence-electron chi connectivity index (χ1n) is 6.86. The van der Waals surface area contributed by atoms with Gasteiger partial charge in [-0.2, -0.15) is 0 Å². The molecule has 0 spiro atoms. The Labute approximate surface area is 134 Å². The summed E-state index contributed by atoms with van der Waals surface area (Å²) in [6.45, 7) is 4.13. The van der Waals surface area contributed by atoms with Crippen molar-refractivity contribution in [1.29, 1.82) is 0 Å². The van der Waals surface area contributed by atoms with Crippen LogP contribution >= 0.6 is 0 Å². The summed E-state index contributed by atoms with van der Waals surface area (Å²) in [6, 6.07) is 11.0. The standard InChI is InChI=1S/C15H17N3O4S/c1-10(2)11-3-5-12(6-4-11)17-14-8-7-13(18(19)20)9-15(14)23(16,21)22/h3-10,17H,1-2H3,(H2,16,21,22). The van der Waals surface area contributed by atoms with Crippen LogP contribution in [0, 0.1) is 10.1 Å². The first kappa shape index (κ1) is 16.9. The van der Waals surface area contributed by atoms with E-state index in [4.69, 9.17) is 5.14 Å². The van der Waals surface area contributed by atoms with Gasteiger partial charge in [-0.15, -0.1) is 0 Å². The molecule has 0 aliphatic heterocycles. The quantitative estimate of drug-likeness (QED) is 0.643. The van der Waals surface area contributed by atoms with Crippen molar-refractivity contribution in [1.82, 2.24) is 0 Å². The maximum absolute atomic E-state index is 11.7. The molecule has 2 aromatic rings. The number of nitrogens with one attached hydrogen (secondary N) is 1. The van der Waals surface area contributed by atoms with Gasteiger partial charge in [0, 0.05) is 17.8 Å². The Bertz CT molecular complexity index is 830. The van der Waals surface area contributed by atoms with E-state index in [1.54, 1.807) is 0 Å². The monoisotopic (exact) mass is 335 g/mol. The number of hydrogen-bond acceptors (Lipinski definition) is 5. The lowest BCUT2D eigenvalue weighted by atomic mass is 10.0. The molecule has 0 bridgehead atoms. The van der Waals surface area contributed by atoms with Gasteiger partial charge in [-0.25, -0.2) is 13.6 Å². The highest BCUT2D eigenvalue weighted by atomic mass is 32.2. The van der Waals surface area contributed by atoms with Gasteiger partial charge in [0.15, 0.2) is 0 Å².